The number of anilines is 1. The van der Waals surface area contributed by atoms with E-state index in [-0.39, 0.29) is 81.7 Å². The van der Waals surface area contributed by atoms with Crippen LogP contribution in [0.25, 0.3) is 0 Å². The fourth-order valence-corrected chi connectivity index (χ4v) is 8.89. The van der Waals surface area contributed by atoms with Gasteiger partial charge in [-0.05, 0) is 56.3 Å². The van der Waals surface area contributed by atoms with Crippen molar-refractivity contribution in [1.82, 2.24) is 14.7 Å². The molecule has 3 aromatic rings. The van der Waals surface area contributed by atoms with Gasteiger partial charge in [-0.15, -0.1) is 0 Å². The van der Waals surface area contributed by atoms with E-state index in [0.29, 0.717) is 5.56 Å². The van der Waals surface area contributed by atoms with Crippen molar-refractivity contribution in [1.29, 1.82) is 0 Å². The van der Waals surface area contributed by atoms with Gasteiger partial charge >= 0.3 is 18.3 Å². The first-order chi connectivity index (χ1) is 28.8. The van der Waals surface area contributed by atoms with Gasteiger partial charge in [0.25, 0.3) is 11.8 Å². The fraction of sp³-hybridized carbons (Fsp3) is 0.462. The third-order valence-corrected chi connectivity index (χ3v) is 13.5. The molecule has 2 saturated heterocycles. The number of nitrogens with zero attached hydrogens (tertiary/aromatic N) is 4. The van der Waals surface area contributed by atoms with Crippen molar-refractivity contribution in [2.75, 3.05) is 75.8 Å². The zero-order chi connectivity index (χ0) is 45.5. The fourth-order valence-electron chi connectivity index (χ4n) is 6.94. The van der Waals surface area contributed by atoms with Gasteiger partial charge in [0.1, 0.15) is 23.7 Å². The average molecular weight is 923 g/mol. The number of amides is 2. The number of halogens is 7. The van der Waals surface area contributed by atoms with Crippen LogP contribution in [0.5, 0.6) is 11.5 Å². The number of alkyl halides is 6. The van der Waals surface area contributed by atoms with Gasteiger partial charge in [-0.25, -0.2) is 26.0 Å². The molecule has 3 heterocycles. The molecule has 0 unspecified atom stereocenters. The molecule has 2 atom stereocenters. The summed E-state index contributed by atoms with van der Waals surface area (Å²) in [5, 5.41) is 0. The minimum absolute atomic E-state index is 0.0305. The molecule has 62 heavy (non-hydrogen) atoms. The number of sulfone groups is 2. The summed E-state index contributed by atoms with van der Waals surface area (Å²) in [6.07, 6.45) is -13.5. The van der Waals surface area contributed by atoms with Crippen LogP contribution in [0.3, 0.4) is 0 Å². The standard InChI is InChI=1S/C39H41F7N4O10S2/c1-23(38(41,42)43)59-31-8-5-26(61(3,54)55)20-28(31)35(51)49-12-10-47(11-13-49)18-19-62(56,57)27-6-9-32(60-24(2)39(44,45)46)29(21-27)36(52)50-16-14-48(15-17-50)30-7-4-25-22-58-37(53)33(25)34(30)40/h4-9,20-21,23-24H,10-19,22H2,1-3H3/t23-,24-/m0/s1. The Balaban J connectivity index is 1.13. The van der Waals surface area contributed by atoms with Gasteiger partial charge in [-0.2, -0.15) is 26.3 Å². The Morgan fingerprint density at radius 3 is 1.71 bits per heavy atom. The maximum atomic E-state index is 15.3. The van der Waals surface area contributed by atoms with Crippen LogP contribution >= 0.6 is 0 Å². The summed E-state index contributed by atoms with van der Waals surface area (Å²) in [5.74, 6) is -4.77. The Morgan fingerprint density at radius 2 is 1.21 bits per heavy atom. The van der Waals surface area contributed by atoms with Gasteiger partial charge in [0.15, 0.2) is 37.7 Å². The lowest BCUT2D eigenvalue weighted by Gasteiger charge is -2.36. The monoisotopic (exact) mass is 922 g/mol. The van der Waals surface area contributed by atoms with E-state index in [2.05, 4.69) is 0 Å². The van der Waals surface area contributed by atoms with Crippen molar-refractivity contribution < 1.29 is 76.2 Å². The molecule has 6 rings (SSSR count). The van der Waals surface area contributed by atoms with Gasteiger partial charge in [0.2, 0.25) is 0 Å². The van der Waals surface area contributed by atoms with Crippen LogP contribution in [0.15, 0.2) is 58.3 Å². The molecule has 3 aliphatic rings. The molecular formula is C39H41F7N4O10S2. The highest BCUT2D eigenvalue weighted by Crippen LogP contribution is 2.34. The number of hydrogen-bond acceptors (Lipinski definition) is 12. The maximum absolute atomic E-state index is 15.3. The Morgan fingerprint density at radius 1 is 0.726 bits per heavy atom. The Hall–Kier alpha value is -5.16. The molecule has 23 heteroatoms. The molecule has 14 nitrogen and oxygen atoms in total. The summed E-state index contributed by atoms with van der Waals surface area (Å²) in [5.41, 5.74) is -0.570. The number of hydrogen-bond donors (Lipinski definition) is 0. The minimum atomic E-state index is -4.83. The maximum Gasteiger partial charge on any atom is 0.425 e. The second-order valence-electron chi connectivity index (χ2n) is 14.9. The molecule has 338 valence electrons. The molecular weight excluding hydrogens is 882 g/mol. The SMILES string of the molecule is C[C@H](Oc1ccc(S(C)(=O)=O)cc1C(=O)N1CCN(CCS(=O)(=O)c2ccc(O[C@@H](C)C(F)(F)F)c(C(=O)N3CCN(c4ccc5c(c4F)C(=O)OC5)CC3)c2)CC1)C(F)(F)F. The molecule has 2 fully saturated rings. The molecule has 0 aromatic heterocycles. The van der Waals surface area contributed by atoms with Crippen molar-refractivity contribution in [3.05, 3.63) is 76.6 Å². The van der Waals surface area contributed by atoms with Gasteiger partial charge in [0.05, 0.1) is 32.4 Å². The highest BCUT2D eigenvalue weighted by molar-refractivity contribution is 7.91. The van der Waals surface area contributed by atoms with Gasteiger partial charge in [-0.3, -0.25) is 14.5 Å². The van der Waals surface area contributed by atoms with Crippen molar-refractivity contribution in [3.8, 4) is 11.5 Å². The van der Waals surface area contributed by atoms with Crippen molar-refractivity contribution >= 4 is 43.1 Å². The van der Waals surface area contributed by atoms with E-state index < -0.39 is 101 Å². The van der Waals surface area contributed by atoms with Crippen molar-refractivity contribution in [2.45, 2.75) is 54.8 Å². The lowest BCUT2D eigenvalue weighted by Crippen LogP contribution is -2.49. The smallest absolute Gasteiger partial charge is 0.425 e. The second-order valence-corrected chi connectivity index (χ2v) is 19.1. The van der Waals surface area contributed by atoms with E-state index in [1.807, 2.05) is 0 Å². The number of fused-ring (bicyclic) bond motifs is 1. The number of carbonyl (C=O) groups excluding carboxylic acids is 3. The zero-order valence-corrected chi connectivity index (χ0v) is 35.0. The molecule has 3 aliphatic heterocycles. The molecule has 2 amide bonds. The van der Waals surface area contributed by atoms with Crippen molar-refractivity contribution in [2.24, 2.45) is 0 Å². The number of ether oxygens (including phenoxy) is 3. The topological polar surface area (TPSA) is 160 Å². The molecule has 0 N–H and O–H groups in total. The first kappa shape index (κ1) is 46.3. The van der Waals surface area contributed by atoms with Gasteiger partial charge in [0, 0.05) is 70.7 Å². The van der Waals surface area contributed by atoms with E-state index in [0.717, 1.165) is 56.5 Å². The molecule has 0 bridgehead atoms. The zero-order valence-electron chi connectivity index (χ0n) is 33.4. The summed E-state index contributed by atoms with van der Waals surface area (Å²) in [6.45, 7) is 1.43. The highest BCUT2D eigenvalue weighted by Gasteiger charge is 2.41. The number of piperazine rings is 2. The third-order valence-electron chi connectivity index (χ3n) is 10.7. The average Bonchev–Trinajstić information content (AvgIpc) is 3.60. The van der Waals surface area contributed by atoms with Crippen LogP contribution in [0.1, 0.15) is 50.5 Å². The predicted octanol–water partition coefficient (Wildman–Crippen LogP) is 4.75. The van der Waals surface area contributed by atoms with E-state index in [4.69, 9.17) is 14.2 Å². The summed E-state index contributed by atoms with van der Waals surface area (Å²) in [4.78, 5) is 44.6. The Labute approximate surface area is 351 Å². The lowest BCUT2D eigenvalue weighted by molar-refractivity contribution is -0.189. The lowest BCUT2D eigenvalue weighted by atomic mass is 10.1. The van der Waals surface area contributed by atoms with Crippen LogP contribution in [0.4, 0.5) is 36.4 Å². The molecule has 3 aromatic carbocycles. The van der Waals surface area contributed by atoms with Gasteiger partial charge < -0.3 is 28.9 Å². The van der Waals surface area contributed by atoms with Crippen LogP contribution in [-0.4, -0.2) is 145 Å². The van der Waals surface area contributed by atoms with Crippen LogP contribution < -0.4 is 14.4 Å². The molecule has 0 radical (unpaired) electrons. The third kappa shape index (κ3) is 10.2. The molecule has 0 saturated carbocycles. The number of benzene rings is 3. The van der Waals surface area contributed by atoms with Gasteiger partial charge in [-0.1, -0.05) is 6.07 Å². The second kappa shape index (κ2) is 17.5. The van der Waals surface area contributed by atoms with Crippen LogP contribution in [-0.2, 0) is 31.0 Å². The molecule has 0 spiro atoms. The Bertz CT molecular complexity index is 2450. The first-order valence-corrected chi connectivity index (χ1v) is 22.6. The van der Waals surface area contributed by atoms with E-state index >= 15 is 4.39 Å². The highest BCUT2D eigenvalue weighted by atomic mass is 32.2. The number of rotatable bonds is 12. The molecule has 0 aliphatic carbocycles. The number of cyclic esters (lactones) is 1. The summed E-state index contributed by atoms with van der Waals surface area (Å²) in [7, 11) is -8.10. The van der Waals surface area contributed by atoms with E-state index in [1.165, 1.54) is 15.9 Å². The van der Waals surface area contributed by atoms with E-state index in [1.54, 1.807) is 15.9 Å². The summed E-state index contributed by atoms with van der Waals surface area (Å²) in [6, 6.07) is 8.89. The first-order valence-electron chi connectivity index (χ1n) is 19.1. The van der Waals surface area contributed by atoms with Crippen molar-refractivity contribution in [3.63, 3.8) is 0 Å². The summed E-state index contributed by atoms with van der Waals surface area (Å²) >= 11 is 0. The Kier molecular flexibility index (Phi) is 13.1. The van der Waals surface area contributed by atoms with Crippen LogP contribution in [0, 0.1) is 5.82 Å². The summed E-state index contributed by atoms with van der Waals surface area (Å²) < 4.78 is 163. The number of carbonyl (C=O) groups is 3. The number of esters is 1. The largest absolute Gasteiger partial charge is 0.480 e. The quantitative estimate of drug-likeness (QED) is 0.182. The predicted molar refractivity (Wildman–Crippen MR) is 206 cm³/mol. The minimum Gasteiger partial charge on any atom is -0.480 e. The van der Waals surface area contributed by atoms with E-state index in [9.17, 15) is 57.6 Å². The normalized spacial score (nSPS) is 17.6. The van der Waals surface area contributed by atoms with Crippen LogP contribution in [0.2, 0.25) is 0 Å².